The first-order valence-corrected chi connectivity index (χ1v) is 22.0. The zero-order valence-electron chi connectivity index (χ0n) is 35.1. The molecular weight excluding hydrogens is 769 g/mol. The van der Waals surface area contributed by atoms with Crippen LogP contribution < -0.4 is 15.6 Å². The summed E-state index contributed by atoms with van der Waals surface area (Å²) >= 11 is 1.46. The number of amides is 2. The van der Waals surface area contributed by atoms with Crippen molar-refractivity contribution in [2.75, 3.05) is 65.0 Å². The van der Waals surface area contributed by atoms with Gasteiger partial charge in [-0.1, -0.05) is 19.9 Å². The third-order valence-electron chi connectivity index (χ3n) is 12.6. The van der Waals surface area contributed by atoms with Gasteiger partial charge in [0.15, 0.2) is 0 Å². The number of carbonyl (C=O) groups is 3. The Hall–Kier alpha value is -4.41. The lowest BCUT2D eigenvalue weighted by Gasteiger charge is -2.35. The normalized spacial score (nSPS) is 24.5. The Morgan fingerprint density at radius 3 is 2.69 bits per heavy atom. The summed E-state index contributed by atoms with van der Waals surface area (Å²) in [7, 11) is 3.88. The zero-order chi connectivity index (χ0) is 41.6. The van der Waals surface area contributed by atoms with Crippen molar-refractivity contribution in [3.8, 4) is 22.5 Å². The van der Waals surface area contributed by atoms with E-state index in [1.807, 2.05) is 18.5 Å². The molecule has 0 spiro atoms. The molecule has 2 amide bonds. The van der Waals surface area contributed by atoms with E-state index in [1.165, 1.54) is 16.3 Å². The van der Waals surface area contributed by atoms with Crippen molar-refractivity contribution in [3.63, 3.8) is 0 Å². The summed E-state index contributed by atoms with van der Waals surface area (Å²) in [5.74, 6) is -1.42. The standard InChI is InChI=1S/C44H58N8O6S/c1-7-51-37-11-10-27-17-31(37)33(40(51)32-19-29(22-45-39(32)26(2)57-6)50-15-13-49(5)14-16-50)21-44(3,4)25-58-43(56)34-9-8-12-52(48-34)42(55)35(20-38-46-36(27)24-59-38)47-41(54)30-18-28(30)23-53/h10-11,17,19,22,24,26,28,30,34-35,48,53H,7-9,12-16,18,20-21,23,25H2,1-6H3,(H,47,54)/t26-,28-,30?,34?,35-/m0/s1. The molecule has 2 saturated heterocycles. The average Bonchev–Trinajstić information content (AvgIpc) is 3.80. The summed E-state index contributed by atoms with van der Waals surface area (Å²) in [4.78, 5) is 56.2. The molecule has 6 heterocycles. The summed E-state index contributed by atoms with van der Waals surface area (Å²) < 4.78 is 14.5. The number of carbonyl (C=O) groups excluding carboxylic acids is 3. The molecule has 8 rings (SSSR count). The molecule has 1 aromatic carbocycles. The molecule has 3 aliphatic heterocycles. The molecule has 4 aliphatic rings. The van der Waals surface area contributed by atoms with Crippen molar-refractivity contribution in [2.24, 2.45) is 17.3 Å². The van der Waals surface area contributed by atoms with Crippen molar-refractivity contribution in [1.29, 1.82) is 0 Å². The number of nitrogens with one attached hydrogen (secondary N) is 2. The van der Waals surface area contributed by atoms with Crippen LogP contribution in [0.15, 0.2) is 35.8 Å². The number of esters is 1. The number of piperazine rings is 1. The van der Waals surface area contributed by atoms with Crippen molar-refractivity contribution in [1.82, 2.24) is 35.2 Å². The maximum Gasteiger partial charge on any atom is 0.324 e. The number of hydrazine groups is 1. The Morgan fingerprint density at radius 2 is 1.97 bits per heavy atom. The molecule has 0 radical (unpaired) electrons. The van der Waals surface area contributed by atoms with Gasteiger partial charge >= 0.3 is 5.97 Å². The van der Waals surface area contributed by atoms with Crippen LogP contribution >= 0.6 is 11.3 Å². The Morgan fingerprint density at radius 1 is 1.17 bits per heavy atom. The number of methoxy groups -OCH3 is 1. The number of nitrogens with zero attached hydrogens (tertiary/aromatic N) is 6. The van der Waals surface area contributed by atoms with Crippen LogP contribution in [0.5, 0.6) is 0 Å². The highest BCUT2D eigenvalue weighted by atomic mass is 32.1. The van der Waals surface area contributed by atoms with Gasteiger partial charge in [0.2, 0.25) is 5.91 Å². The topological polar surface area (TPSA) is 154 Å². The van der Waals surface area contributed by atoms with E-state index in [-0.39, 0.29) is 49.4 Å². The molecular formula is C44H58N8O6S. The number of ether oxygens (including phenoxy) is 2. The van der Waals surface area contributed by atoms with Crippen LogP contribution in [-0.2, 0) is 43.2 Å². The lowest BCUT2D eigenvalue weighted by molar-refractivity contribution is -0.155. The predicted molar refractivity (Wildman–Crippen MR) is 228 cm³/mol. The van der Waals surface area contributed by atoms with Crippen LogP contribution in [0.3, 0.4) is 0 Å². The van der Waals surface area contributed by atoms with Crippen LogP contribution in [0.2, 0.25) is 0 Å². The summed E-state index contributed by atoms with van der Waals surface area (Å²) in [5, 5.41) is 17.9. The van der Waals surface area contributed by atoms with Crippen molar-refractivity contribution in [2.45, 2.75) is 84.5 Å². The second kappa shape index (κ2) is 16.9. The smallest absolute Gasteiger partial charge is 0.324 e. The Balaban J connectivity index is 1.25. The third-order valence-corrected chi connectivity index (χ3v) is 13.5. The highest BCUT2D eigenvalue weighted by Crippen LogP contribution is 2.43. The summed E-state index contributed by atoms with van der Waals surface area (Å²) in [5.41, 5.74) is 10.7. The molecule has 1 aliphatic carbocycles. The summed E-state index contributed by atoms with van der Waals surface area (Å²) in [6.45, 7) is 13.5. The monoisotopic (exact) mass is 826 g/mol. The fourth-order valence-corrected chi connectivity index (χ4v) is 9.74. The van der Waals surface area contributed by atoms with E-state index >= 15 is 0 Å². The molecule has 14 nitrogen and oxygen atoms in total. The Kier molecular flexibility index (Phi) is 11.9. The number of aliphatic hydroxyl groups excluding tert-OH is 1. The lowest BCUT2D eigenvalue weighted by atomic mass is 9.84. The lowest BCUT2D eigenvalue weighted by Crippen LogP contribution is -2.60. The van der Waals surface area contributed by atoms with Crippen molar-refractivity contribution < 1.29 is 29.0 Å². The molecule has 4 aromatic rings. The number of cyclic esters (lactones) is 1. The van der Waals surface area contributed by atoms with E-state index in [0.717, 1.165) is 76.5 Å². The van der Waals surface area contributed by atoms with Crippen LogP contribution in [0.1, 0.15) is 69.3 Å². The van der Waals surface area contributed by atoms with Gasteiger partial charge in [-0.15, -0.1) is 11.3 Å². The number of rotatable bonds is 8. The molecule has 1 saturated carbocycles. The average molecular weight is 827 g/mol. The van der Waals surface area contributed by atoms with E-state index < -0.39 is 23.5 Å². The van der Waals surface area contributed by atoms with Gasteiger partial charge in [-0.2, -0.15) is 0 Å². The minimum atomic E-state index is -0.907. The fraction of sp³-hybridized carbons (Fsp3) is 0.568. The Bertz CT molecular complexity index is 2210. The number of anilines is 1. The van der Waals surface area contributed by atoms with Gasteiger partial charge in [0.25, 0.3) is 5.91 Å². The molecule has 3 N–H and O–H groups in total. The first kappa shape index (κ1) is 41.3. The van der Waals surface area contributed by atoms with Crippen LogP contribution in [0.4, 0.5) is 5.69 Å². The van der Waals surface area contributed by atoms with Gasteiger partial charge in [-0.3, -0.25) is 24.4 Å². The first-order valence-electron chi connectivity index (χ1n) is 21.1. The van der Waals surface area contributed by atoms with Gasteiger partial charge in [-0.25, -0.2) is 10.4 Å². The molecule has 316 valence electrons. The number of benzene rings is 1. The van der Waals surface area contributed by atoms with Crippen molar-refractivity contribution >= 4 is 45.7 Å². The zero-order valence-corrected chi connectivity index (χ0v) is 35.9. The summed E-state index contributed by atoms with van der Waals surface area (Å²) in [6.07, 6.45) is 4.22. The predicted octanol–water partition coefficient (Wildman–Crippen LogP) is 4.58. The number of aliphatic hydroxyl groups is 1. The number of likely N-dealkylation sites (N-methyl/N-ethyl adjacent to an activating group) is 1. The maximum atomic E-state index is 14.1. The molecule has 59 heavy (non-hydrogen) atoms. The number of hydrogen-bond acceptors (Lipinski definition) is 12. The second-order valence-electron chi connectivity index (χ2n) is 17.5. The van der Waals surface area contributed by atoms with Gasteiger partial charge in [0.05, 0.1) is 46.7 Å². The minimum absolute atomic E-state index is 0.0661. The maximum absolute atomic E-state index is 14.1. The third kappa shape index (κ3) is 8.49. The number of fused-ring (bicyclic) bond motifs is 6. The number of hydrogen-bond donors (Lipinski definition) is 3. The van der Waals surface area contributed by atoms with Crippen molar-refractivity contribution in [3.05, 3.63) is 52.1 Å². The van der Waals surface area contributed by atoms with Crippen LogP contribution in [-0.4, -0.2) is 120 Å². The van der Waals surface area contributed by atoms with Gasteiger partial charge in [0, 0.05) is 98.1 Å². The Labute approximate surface area is 350 Å². The number of pyridine rings is 1. The van der Waals surface area contributed by atoms with Crippen LogP contribution in [0, 0.1) is 17.3 Å². The summed E-state index contributed by atoms with van der Waals surface area (Å²) in [6, 6.07) is 7.16. The molecule has 2 unspecified atom stereocenters. The van der Waals surface area contributed by atoms with E-state index in [2.05, 4.69) is 77.2 Å². The molecule has 3 aromatic heterocycles. The number of aryl methyl sites for hydroxylation is 1. The second-order valence-corrected chi connectivity index (χ2v) is 18.5. The highest BCUT2D eigenvalue weighted by molar-refractivity contribution is 7.10. The molecule has 3 fully saturated rings. The SMILES string of the molecule is CCn1c(-c2cc(N3CCN(C)CC3)cnc2[C@H](C)OC)c2c3cc(ccc31)-c1csc(n1)C[C@H](NC(=O)C1C[C@H]1CO)C(=O)N1CCCC(N1)C(=O)OCC(C)(C)C2. The van der Waals surface area contributed by atoms with Gasteiger partial charge in [0.1, 0.15) is 12.1 Å². The van der Waals surface area contributed by atoms with Crippen LogP contribution in [0.25, 0.3) is 33.4 Å². The highest BCUT2D eigenvalue weighted by Gasteiger charge is 2.44. The number of thiazole rings is 1. The first-order chi connectivity index (χ1) is 28.4. The van der Waals surface area contributed by atoms with Gasteiger partial charge < -0.3 is 34.3 Å². The number of aromatic nitrogens is 3. The van der Waals surface area contributed by atoms with E-state index in [1.54, 1.807) is 7.11 Å². The van der Waals surface area contributed by atoms with Gasteiger partial charge in [-0.05, 0) is 76.3 Å². The molecule has 15 heteroatoms. The van der Waals surface area contributed by atoms with E-state index in [9.17, 15) is 19.5 Å². The van der Waals surface area contributed by atoms with E-state index in [4.69, 9.17) is 19.4 Å². The molecule has 5 atom stereocenters. The minimum Gasteiger partial charge on any atom is -0.464 e. The molecule has 6 bridgehead atoms. The van der Waals surface area contributed by atoms with E-state index in [0.29, 0.717) is 43.8 Å². The fourth-order valence-electron chi connectivity index (χ4n) is 8.89. The quantitative estimate of drug-likeness (QED) is 0.214. The largest absolute Gasteiger partial charge is 0.464 e.